The molecule has 4 rings (SSSR count). The summed E-state index contributed by atoms with van der Waals surface area (Å²) in [5, 5.41) is 0. The molecule has 28 heavy (non-hydrogen) atoms. The first-order valence-electron chi connectivity index (χ1n) is 10.5. The van der Waals surface area contributed by atoms with Crippen LogP contribution in [0, 0.1) is 5.41 Å². The summed E-state index contributed by atoms with van der Waals surface area (Å²) in [4.78, 5) is 17.7. The third-order valence-electron chi connectivity index (χ3n) is 6.61. The number of rotatable bonds is 6. The minimum Gasteiger partial charge on any atom is -0.338 e. The third kappa shape index (κ3) is 4.13. The van der Waals surface area contributed by atoms with Crippen molar-refractivity contribution < 1.29 is 4.79 Å². The van der Waals surface area contributed by atoms with Crippen molar-refractivity contribution in [3.63, 3.8) is 0 Å². The highest BCUT2D eigenvalue weighted by Crippen LogP contribution is 2.42. The molecular weight excluding hydrogens is 346 g/mol. The average Bonchev–Trinajstić information content (AvgIpc) is 3.04. The standard InChI is InChI=1S/C24H31N3O/c25-22(21-9-5-2-6-10-21)11-15-26-16-12-24(13-17-26)14-18-27(23(24)28)19-20-7-3-1-4-8-20/h1-10,22H,11-19,25H2/t22-/m0/s1. The van der Waals surface area contributed by atoms with Crippen molar-refractivity contribution in [3.05, 3.63) is 71.8 Å². The van der Waals surface area contributed by atoms with Gasteiger partial charge in [-0.25, -0.2) is 0 Å². The van der Waals surface area contributed by atoms with Gasteiger partial charge in [-0.1, -0.05) is 60.7 Å². The minimum atomic E-state index is -0.118. The van der Waals surface area contributed by atoms with Crippen LogP contribution in [0.1, 0.15) is 42.9 Å². The van der Waals surface area contributed by atoms with Gasteiger partial charge in [0, 0.05) is 19.1 Å². The van der Waals surface area contributed by atoms with Crippen LogP contribution in [0.3, 0.4) is 0 Å². The Bertz CT molecular complexity index is 769. The second-order valence-corrected chi connectivity index (χ2v) is 8.39. The summed E-state index contributed by atoms with van der Waals surface area (Å²) in [7, 11) is 0. The molecule has 2 saturated heterocycles. The number of nitrogens with zero attached hydrogens (tertiary/aromatic N) is 2. The largest absolute Gasteiger partial charge is 0.338 e. The highest BCUT2D eigenvalue weighted by atomic mass is 16.2. The molecule has 2 aromatic rings. The monoisotopic (exact) mass is 377 g/mol. The van der Waals surface area contributed by atoms with Gasteiger partial charge in [0.1, 0.15) is 0 Å². The number of hydrogen-bond acceptors (Lipinski definition) is 3. The molecule has 0 saturated carbocycles. The molecule has 2 heterocycles. The smallest absolute Gasteiger partial charge is 0.229 e. The topological polar surface area (TPSA) is 49.6 Å². The molecule has 4 nitrogen and oxygen atoms in total. The van der Waals surface area contributed by atoms with Crippen LogP contribution in [-0.2, 0) is 11.3 Å². The molecule has 1 atom stereocenters. The number of carbonyl (C=O) groups is 1. The van der Waals surface area contributed by atoms with Crippen molar-refractivity contribution in [2.75, 3.05) is 26.2 Å². The molecule has 0 unspecified atom stereocenters. The Labute approximate surface area is 168 Å². The van der Waals surface area contributed by atoms with Crippen molar-refractivity contribution in [2.24, 2.45) is 11.1 Å². The maximum atomic E-state index is 13.1. The second kappa shape index (κ2) is 8.46. The van der Waals surface area contributed by atoms with Crippen LogP contribution in [0.4, 0.5) is 0 Å². The van der Waals surface area contributed by atoms with Gasteiger partial charge >= 0.3 is 0 Å². The van der Waals surface area contributed by atoms with E-state index in [-0.39, 0.29) is 11.5 Å². The third-order valence-corrected chi connectivity index (χ3v) is 6.61. The molecule has 1 amide bonds. The normalized spacial score (nSPS) is 20.6. The van der Waals surface area contributed by atoms with Gasteiger partial charge in [0.25, 0.3) is 0 Å². The first-order valence-corrected chi connectivity index (χ1v) is 10.5. The number of carbonyl (C=O) groups excluding carboxylic acids is 1. The van der Waals surface area contributed by atoms with Gasteiger partial charge in [-0.15, -0.1) is 0 Å². The van der Waals surface area contributed by atoms with E-state index in [2.05, 4.69) is 34.1 Å². The van der Waals surface area contributed by atoms with E-state index in [1.807, 2.05) is 36.4 Å². The predicted octanol–water partition coefficient (Wildman–Crippen LogP) is 3.59. The van der Waals surface area contributed by atoms with Gasteiger partial charge in [-0.2, -0.15) is 0 Å². The Morgan fingerprint density at radius 3 is 2.18 bits per heavy atom. The molecular formula is C24H31N3O. The number of piperidine rings is 1. The quantitative estimate of drug-likeness (QED) is 0.837. The van der Waals surface area contributed by atoms with Crippen LogP contribution in [-0.4, -0.2) is 41.9 Å². The fourth-order valence-electron chi connectivity index (χ4n) is 4.70. The molecule has 2 fully saturated rings. The molecule has 0 bridgehead atoms. The van der Waals surface area contributed by atoms with Crippen molar-refractivity contribution >= 4 is 5.91 Å². The zero-order valence-electron chi connectivity index (χ0n) is 16.6. The zero-order valence-corrected chi connectivity index (χ0v) is 16.6. The Balaban J connectivity index is 1.27. The van der Waals surface area contributed by atoms with Crippen molar-refractivity contribution in [1.29, 1.82) is 0 Å². The number of likely N-dealkylation sites (tertiary alicyclic amines) is 2. The van der Waals surface area contributed by atoms with Crippen LogP contribution in [0.15, 0.2) is 60.7 Å². The lowest BCUT2D eigenvalue weighted by molar-refractivity contribution is -0.138. The lowest BCUT2D eigenvalue weighted by atomic mass is 9.77. The second-order valence-electron chi connectivity index (χ2n) is 8.39. The number of nitrogens with two attached hydrogens (primary N) is 1. The van der Waals surface area contributed by atoms with Gasteiger partial charge in [0.05, 0.1) is 5.41 Å². The molecule has 2 aliphatic rings. The summed E-state index contributed by atoms with van der Waals surface area (Å²) < 4.78 is 0. The van der Waals surface area contributed by atoms with Gasteiger partial charge in [-0.3, -0.25) is 4.79 Å². The van der Waals surface area contributed by atoms with Crippen LogP contribution >= 0.6 is 0 Å². The van der Waals surface area contributed by atoms with E-state index in [0.717, 1.165) is 58.4 Å². The summed E-state index contributed by atoms with van der Waals surface area (Å²) in [6, 6.07) is 20.8. The molecule has 148 valence electrons. The van der Waals surface area contributed by atoms with E-state index in [0.29, 0.717) is 5.91 Å². The molecule has 0 aromatic heterocycles. The van der Waals surface area contributed by atoms with Gasteiger partial charge in [-0.05, 0) is 56.4 Å². The van der Waals surface area contributed by atoms with Gasteiger partial charge < -0.3 is 15.5 Å². The van der Waals surface area contributed by atoms with E-state index in [4.69, 9.17) is 5.73 Å². The predicted molar refractivity (Wildman–Crippen MR) is 113 cm³/mol. The Morgan fingerprint density at radius 1 is 0.893 bits per heavy atom. The molecule has 0 aliphatic carbocycles. The maximum Gasteiger partial charge on any atom is 0.229 e. The highest BCUT2D eigenvalue weighted by molar-refractivity contribution is 5.85. The summed E-state index contributed by atoms with van der Waals surface area (Å²) in [5.41, 5.74) is 8.67. The Morgan fingerprint density at radius 2 is 1.50 bits per heavy atom. The zero-order chi connectivity index (χ0) is 19.4. The van der Waals surface area contributed by atoms with Crippen molar-refractivity contribution in [1.82, 2.24) is 9.80 Å². The molecule has 2 N–H and O–H groups in total. The fraction of sp³-hybridized carbons (Fsp3) is 0.458. The first-order chi connectivity index (χ1) is 13.7. The number of amides is 1. The highest BCUT2D eigenvalue weighted by Gasteiger charge is 2.47. The summed E-state index contributed by atoms with van der Waals surface area (Å²) in [6.07, 6.45) is 3.94. The molecule has 0 radical (unpaired) electrons. The van der Waals surface area contributed by atoms with E-state index in [1.54, 1.807) is 0 Å². The Hall–Kier alpha value is -2.17. The minimum absolute atomic E-state index is 0.0894. The van der Waals surface area contributed by atoms with Gasteiger partial charge in [0.15, 0.2) is 0 Å². The average molecular weight is 378 g/mol. The molecule has 1 spiro atoms. The summed E-state index contributed by atoms with van der Waals surface area (Å²) in [5.74, 6) is 0.372. The first kappa shape index (κ1) is 19.2. The molecule has 2 aromatic carbocycles. The maximum absolute atomic E-state index is 13.1. The van der Waals surface area contributed by atoms with E-state index >= 15 is 0 Å². The summed E-state index contributed by atoms with van der Waals surface area (Å²) in [6.45, 7) is 4.66. The van der Waals surface area contributed by atoms with Crippen LogP contribution in [0.5, 0.6) is 0 Å². The fourth-order valence-corrected chi connectivity index (χ4v) is 4.70. The Kier molecular flexibility index (Phi) is 5.79. The van der Waals surface area contributed by atoms with Gasteiger partial charge in [0.2, 0.25) is 5.91 Å². The summed E-state index contributed by atoms with van der Waals surface area (Å²) >= 11 is 0. The van der Waals surface area contributed by atoms with Crippen molar-refractivity contribution in [2.45, 2.75) is 38.3 Å². The molecule has 2 aliphatic heterocycles. The SMILES string of the molecule is N[C@@H](CCN1CCC2(CC1)CCN(Cc1ccccc1)C2=O)c1ccccc1. The lowest BCUT2D eigenvalue weighted by Crippen LogP contribution is -2.45. The number of hydrogen-bond donors (Lipinski definition) is 1. The molecule has 4 heteroatoms. The lowest BCUT2D eigenvalue weighted by Gasteiger charge is -2.38. The van der Waals surface area contributed by atoms with E-state index in [9.17, 15) is 4.79 Å². The van der Waals surface area contributed by atoms with Crippen LogP contribution < -0.4 is 5.73 Å². The van der Waals surface area contributed by atoms with Crippen molar-refractivity contribution in [3.8, 4) is 0 Å². The van der Waals surface area contributed by atoms with Crippen LogP contribution in [0.2, 0.25) is 0 Å². The van der Waals surface area contributed by atoms with E-state index < -0.39 is 0 Å². The van der Waals surface area contributed by atoms with Crippen LogP contribution in [0.25, 0.3) is 0 Å². The van der Waals surface area contributed by atoms with E-state index in [1.165, 1.54) is 11.1 Å². The number of benzene rings is 2.